The highest BCUT2D eigenvalue weighted by molar-refractivity contribution is 7.16. The van der Waals surface area contributed by atoms with Crippen LogP contribution in [0.3, 0.4) is 0 Å². The van der Waals surface area contributed by atoms with Crippen molar-refractivity contribution in [1.82, 2.24) is 4.57 Å². The number of thiazole rings is 1. The van der Waals surface area contributed by atoms with E-state index in [-0.39, 0.29) is 18.2 Å². The van der Waals surface area contributed by atoms with Gasteiger partial charge >= 0.3 is 0 Å². The number of hydrogen-bond acceptors (Lipinski definition) is 4. The molecule has 1 aromatic heterocycles. The number of aromatic nitrogens is 1. The smallest absolute Gasteiger partial charge is 0.252 e. The van der Waals surface area contributed by atoms with Crippen molar-refractivity contribution >= 4 is 50.7 Å². The molecule has 3 aromatic rings. The van der Waals surface area contributed by atoms with E-state index >= 15 is 0 Å². The van der Waals surface area contributed by atoms with Crippen molar-refractivity contribution in [2.75, 3.05) is 18.5 Å². The fraction of sp³-hybridized carbons (Fsp3) is 0.286. The SMILES string of the molecule is CCOCCn1c(=NC(=O)Cc2ccc(Cl)cc2)sc2cc(NC(C)=O)ccc21. The first-order valence-corrected chi connectivity index (χ1v) is 10.5. The van der Waals surface area contributed by atoms with E-state index in [0.717, 1.165) is 15.8 Å². The third kappa shape index (κ3) is 5.76. The molecular weight excluding hydrogens is 410 g/mol. The number of carbonyl (C=O) groups is 2. The average Bonchev–Trinajstić information content (AvgIpc) is 2.99. The largest absolute Gasteiger partial charge is 0.380 e. The monoisotopic (exact) mass is 431 g/mol. The van der Waals surface area contributed by atoms with E-state index in [1.54, 1.807) is 12.1 Å². The number of fused-ring (bicyclic) bond motifs is 1. The molecule has 0 saturated carbocycles. The number of amides is 2. The number of hydrogen-bond donors (Lipinski definition) is 1. The maximum absolute atomic E-state index is 12.5. The summed E-state index contributed by atoms with van der Waals surface area (Å²) < 4.78 is 8.40. The van der Waals surface area contributed by atoms with Gasteiger partial charge in [-0.2, -0.15) is 4.99 Å². The number of halogens is 1. The van der Waals surface area contributed by atoms with Crippen molar-refractivity contribution in [3.8, 4) is 0 Å². The van der Waals surface area contributed by atoms with Gasteiger partial charge in [-0.1, -0.05) is 35.1 Å². The van der Waals surface area contributed by atoms with Gasteiger partial charge in [0.1, 0.15) is 0 Å². The van der Waals surface area contributed by atoms with Crippen molar-refractivity contribution in [2.45, 2.75) is 26.8 Å². The van der Waals surface area contributed by atoms with Crippen LogP contribution in [0.4, 0.5) is 5.69 Å². The lowest BCUT2D eigenvalue weighted by atomic mass is 10.1. The highest BCUT2D eigenvalue weighted by Crippen LogP contribution is 2.22. The zero-order valence-electron chi connectivity index (χ0n) is 16.3. The normalized spacial score (nSPS) is 11.8. The molecule has 1 heterocycles. The van der Waals surface area contributed by atoms with Crippen molar-refractivity contribution < 1.29 is 14.3 Å². The molecule has 3 rings (SSSR count). The topological polar surface area (TPSA) is 72.7 Å². The van der Waals surface area contributed by atoms with Crippen LogP contribution in [0.25, 0.3) is 10.2 Å². The maximum Gasteiger partial charge on any atom is 0.252 e. The van der Waals surface area contributed by atoms with E-state index in [9.17, 15) is 9.59 Å². The number of rotatable bonds is 7. The van der Waals surface area contributed by atoms with E-state index in [0.29, 0.717) is 35.3 Å². The van der Waals surface area contributed by atoms with Gasteiger partial charge in [0.05, 0.1) is 23.2 Å². The van der Waals surface area contributed by atoms with Crippen LogP contribution < -0.4 is 10.1 Å². The van der Waals surface area contributed by atoms with Gasteiger partial charge in [0.25, 0.3) is 5.91 Å². The van der Waals surface area contributed by atoms with Crippen molar-refractivity contribution in [2.24, 2.45) is 4.99 Å². The average molecular weight is 432 g/mol. The Labute approximate surface area is 177 Å². The first kappa shape index (κ1) is 21.2. The molecule has 6 nitrogen and oxygen atoms in total. The number of carbonyl (C=O) groups excluding carboxylic acids is 2. The minimum absolute atomic E-state index is 0.131. The van der Waals surface area contributed by atoms with Gasteiger partial charge in [0.15, 0.2) is 4.80 Å². The number of benzene rings is 2. The lowest BCUT2D eigenvalue weighted by molar-refractivity contribution is -0.117. The lowest BCUT2D eigenvalue weighted by Gasteiger charge is -2.06. The standard InChI is InChI=1S/C21H22ClN3O3S/c1-3-28-11-10-25-18-9-8-17(23-14(2)26)13-19(18)29-21(25)24-20(27)12-15-4-6-16(22)7-5-15/h4-9,13H,3,10-12H2,1-2H3,(H,23,26). The molecule has 8 heteroatoms. The highest BCUT2D eigenvalue weighted by atomic mass is 35.5. The number of anilines is 1. The Balaban J connectivity index is 1.95. The molecule has 2 aromatic carbocycles. The predicted octanol–water partition coefficient (Wildman–Crippen LogP) is 4.02. The van der Waals surface area contributed by atoms with Crippen LogP contribution in [0.15, 0.2) is 47.5 Å². The summed E-state index contributed by atoms with van der Waals surface area (Å²) >= 11 is 7.31. The second-order valence-electron chi connectivity index (χ2n) is 6.41. The molecule has 0 aliphatic carbocycles. The van der Waals surface area contributed by atoms with Crippen LogP contribution >= 0.6 is 22.9 Å². The van der Waals surface area contributed by atoms with Crippen LogP contribution in [-0.4, -0.2) is 29.6 Å². The Kier molecular flexibility index (Phi) is 7.19. The lowest BCUT2D eigenvalue weighted by Crippen LogP contribution is -2.20. The summed E-state index contributed by atoms with van der Waals surface area (Å²) in [4.78, 5) is 28.8. The number of nitrogens with zero attached hydrogens (tertiary/aromatic N) is 2. The summed E-state index contributed by atoms with van der Waals surface area (Å²) in [5.41, 5.74) is 2.52. The van der Waals surface area contributed by atoms with E-state index in [2.05, 4.69) is 10.3 Å². The fourth-order valence-electron chi connectivity index (χ4n) is 2.88. The molecule has 0 saturated heterocycles. The third-order valence-corrected chi connectivity index (χ3v) is 5.45. The van der Waals surface area contributed by atoms with Crippen molar-refractivity contribution in [3.63, 3.8) is 0 Å². The second-order valence-corrected chi connectivity index (χ2v) is 7.85. The Morgan fingerprint density at radius 2 is 1.97 bits per heavy atom. The van der Waals surface area contributed by atoms with Crippen LogP contribution in [-0.2, 0) is 27.3 Å². The predicted molar refractivity (Wildman–Crippen MR) is 116 cm³/mol. The van der Waals surface area contributed by atoms with Gasteiger partial charge < -0.3 is 14.6 Å². The molecule has 0 atom stereocenters. The zero-order valence-corrected chi connectivity index (χ0v) is 17.8. The van der Waals surface area contributed by atoms with E-state index in [1.165, 1.54) is 18.3 Å². The Hall–Kier alpha value is -2.48. The molecule has 0 spiro atoms. The molecular formula is C21H22ClN3O3S. The summed E-state index contributed by atoms with van der Waals surface area (Å²) in [6.07, 6.45) is 0.202. The van der Waals surface area contributed by atoms with Crippen LogP contribution in [0.2, 0.25) is 5.02 Å². The fourth-order valence-corrected chi connectivity index (χ4v) is 4.12. The summed E-state index contributed by atoms with van der Waals surface area (Å²) in [5.74, 6) is -0.362. The van der Waals surface area contributed by atoms with Gasteiger partial charge in [0.2, 0.25) is 5.91 Å². The van der Waals surface area contributed by atoms with Gasteiger partial charge in [-0.25, -0.2) is 0 Å². The van der Waals surface area contributed by atoms with E-state index in [1.807, 2.05) is 41.8 Å². The van der Waals surface area contributed by atoms with Gasteiger partial charge in [-0.15, -0.1) is 0 Å². The molecule has 29 heavy (non-hydrogen) atoms. The molecule has 0 aliphatic heterocycles. The number of nitrogens with one attached hydrogen (secondary N) is 1. The van der Waals surface area contributed by atoms with Gasteiger partial charge in [-0.05, 0) is 42.8 Å². The first-order valence-electron chi connectivity index (χ1n) is 9.27. The maximum atomic E-state index is 12.5. The third-order valence-electron chi connectivity index (χ3n) is 4.16. The zero-order chi connectivity index (χ0) is 20.8. The molecule has 0 radical (unpaired) electrons. The summed E-state index contributed by atoms with van der Waals surface area (Å²) in [5, 5.41) is 3.41. The van der Waals surface area contributed by atoms with Crippen LogP contribution in [0.5, 0.6) is 0 Å². The van der Waals surface area contributed by atoms with Crippen molar-refractivity contribution in [3.05, 3.63) is 57.9 Å². The summed E-state index contributed by atoms with van der Waals surface area (Å²) in [6.45, 7) is 5.14. The quantitative estimate of drug-likeness (QED) is 0.574. The molecule has 0 fully saturated rings. The van der Waals surface area contributed by atoms with E-state index in [4.69, 9.17) is 16.3 Å². The van der Waals surface area contributed by atoms with E-state index < -0.39 is 0 Å². The summed E-state index contributed by atoms with van der Waals surface area (Å²) in [7, 11) is 0. The molecule has 0 unspecified atom stereocenters. The molecule has 152 valence electrons. The molecule has 0 aliphatic rings. The molecule has 2 amide bonds. The second kappa shape index (κ2) is 9.82. The minimum Gasteiger partial charge on any atom is -0.380 e. The highest BCUT2D eigenvalue weighted by Gasteiger charge is 2.10. The minimum atomic E-state index is -0.230. The molecule has 1 N–H and O–H groups in total. The number of ether oxygens (including phenoxy) is 1. The Morgan fingerprint density at radius 3 is 2.66 bits per heavy atom. The van der Waals surface area contributed by atoms with Crippen LogP contribution in [0.1, 0.15) is 19.4 Å². The summed E-state index contributed by atoms with van der Waals surface area (Å²) in [6, 6.07) is 12.8. The molecule has 0 bridgehead atoms. The van der Waals surface area contributed by atoms with Crippen LogP contribution in [0, 0.1) is 0 Å². The first-order chi connectivity index (χ1) is 14.0. The Morgan fingerprint density at radius 1 is 1.21 bits per heavy atom. The Bertz CT molecular complexity index is 1090. The van der Waals surface area contributed by atoms with Gasteiger partial charge in [-0.3, -0.25) is 9.59 Å². The van der Waals surface area contributed by atoms with Crippen molar-refractivity contribution in [1.29, 1.82) is 0 Å². The van der Waals surface area contributed by atoms with Gasteiger partial charge in [0, 0.05) is 30.8 Å².